The van der Waals surface area contributed by atoms with Crippen molar-refractivity contribution in [3.05, 3.63) is 81.9 Å². The van der Waals surface area contributed by atoms with Gasteiger partial charge in [0.05, 0.1) is 4.92 Å². The fourth-order valence-corrected chi connectivity index (χ4v) is 1.98. The number of nitro groups is 1. The highest BCUT2D eigenvalue weighted by atomic mass is 16.6. The van der Waals surface area contributed by atoms with Crippen LogP contribution in [0.5, 0.6) is 0 Å². The molecular formula is C17H14N2O5. The van der Waals surface area contributed by atoms with Gasteiger partial charge in [-0.15, -0.1) is 0 Å². The van der Waals surface area contributed by atoms with Crippen molar-refractivity contribution in [3.63, 3.8) is 0 Å². The van der Waals surface area contributed by atoms with Gasteiger partial charge in [0.2, 0.25) is 6.10 Å². The molecule has 0 saturated carbocycles. The summed E-state index contributed by atoms with van der Waals surface area (Å²) in [4.78, 5) is 33.5. The van der Waals surface area contributed by atoms with Crippen molar-refractivity contribution in [2.45, 2.75) is 6.10 Å². The van der Waals surface area contributed by atoms with E-state index in [1.807, 2.05) is 0 Å². The van der Waals surface area contributed by atoms with Crippen LogP contribution in [0.2, 0.25) is 0 Å². The standard InChI is InChI=1S/C17H14N2O5/c18-17(21)16(13-6-2-1-3-7-13)24-15(20)10-9-12-5-4-8-14(11-12)19(22)23/h1-11,16H,(H2,18,21)/b10-9+. The molecule has 2 aromatic rings. The van der Waals surface area contributed by atoms with Gasteiger partial charge in [-0.05, 0) is 11.6 Å². The zero-order valence-electron chi connectivity index (χ0n) is 12.5. The minimum atomic E-state index is -1.20. The van der Waals surface area contributed by atoms with Crippen molar-refractivity contribution in [1.29, 1.82) is 0 Å². The van der Waals surface area contributed by atoms with Crippen LogP contribution in [0, 0.1) is 10.1 Å². The van der Waals surface area contributed by atoms with Crippen molar-refractivity contribution in [3.8, 4) is 0 Å². The number of hydrogen-bond acceptors (Lipinski definition) is 5. The number of carbonyl (C=O) groups excluding carboxylic acids is 2. The number of carbonyl (C=O) groups is 2. The second-order valence-corrected chi connectivity index (χ2v) is 4.82. The van der Waals surface area contributed by atoms with Crippen LogP contribution in [-0.2, 0) is 14.3 Å². The van der Waals surface area contributed by atoms with Crippen LogP contribution in [0.1, 0.15) is 17.2 Å². The average Bonchev–Trinajstić information content (AvgIpc) is 2.58. The molecule has 24 heavy (non-hydrogen) atoms. The van der Waals surface area contributed by atoms with Gasteiger partial charge in [0.1, 0.15) is 0 Å². The minimum Gasteiger partial charge on any atom is -0.444 e. The van der Waals surface area contributed by atoms with Gasteiger partial charge in [-0.25, -0.2) is 4.79 Å². The minimum absolute atomic E-state index is 0.0928. The number of non-ortho nitro benzene ring substituents is 1. The number of nitrogens with zero attached hydrogens (tertiary/aromatic N) is 1. The summed E-state index contributed by atoms with van der Waals surface area (Å²) >= 11 is 0. The van der Waals surface area contributed by atoms with Crippen molar-refractivity contribution in [2.24, 2.45) is 5.73 Å². The lowest BCUT2D eigenvalue weighted by Crippen LogP contribution is -2.25. The Morgan fingerprint density at radius 2 is 1.83 bits per heavy atom. The lowest BCUT2D eigenvalue weighted by atomic mass is 10.1. The topological polar surface area (TPSA) is 113 Å². The highest BCUT2D eigenvalue weighted by Gasteiger charge is 2.21. The summed E-state index contributed by atoms with van der Waals surface area (Å²) in [5.41, 5.74) is 6.08. The summed E-state index contributed by atoms with van der Waals surface area (Å²) in [6.45, 7) is 0. The second kappa shape index (κ2) is 7.68. The van der Waals surface area contributed by atoms with Crippen LogP contribution in [0.15, 0.2) is 60.7 Å². The quantitative estimate of drug-likeness (QED) is 0.379. The van der Waals surface area contributed by atoms with Crippen LogP contribution in [0.4, 0.5) is 5.69 Å². The van der Waals surface area contributed by atoms with E-state index < -0.39 is 22.9 Å². The SMILES string of the molecule is NC(=O)C(OC(=O)/C=C/c1cccc([N+](=O)[O-])c1)c1ccccc1. The Bertz CT molecular complexity index is 787. The number of nitrogens with two attached hydrogens (primary N) is 1. The normalized spacial score (nSPS) is 11.8. The molecular weight excluding hydrogens is 312 g/mol. The first-order chi connectivity index (χ1) is 11.5. The largest absolute Gasteiger partial charge is 0.444 e. The molecule has 7 heteroatoms. The molecule has 2 rings (SSSR count). The Hall–Kier alpha value is -3.48. The van der Waals surface area contributed by atoms with Gasteiger partial charge >= 0.3 is 5.97 Å². The van der Waals surface area contributed by atoms with E-state index in [4.69, 9.17) is 10.5 Å². The molecule has 0 heterocycles. The predicted octanol–water partition coefficient (Wildman–Crippen LogP) is 2.38. The zero-order valence-corrected chi connectivity index (χ0v) is 12.5. The first-order valence-corrected chi connectivity index (χ1v) is 6.95. The third kappa shape index (κ3) is 4.51. The molecule has 1 amide bonds. The van der Waals surface area contributed by atoms with Gasteiger partial charge in [-0.2, -0.15) is 0 Å². The van der Waals surface area contributed by atoms with Crippen molar-refractivity contribution in [2.75, 3.05) is 0 Å². The Morgan fingerprint density at radius 3 is 2.46 bits per heavy atom. The summed E-state index contributed by atoms with van der Waals surface area (Å²) < 4.78 is 5.06. The molecule has 0 aliphatic rings. The smallest absolute Gasteiger partial charge is 0.331 e. The molecule has 0 aliphatic heterocycles. The number of esters is 1. The molecule has 2 N–H and O–H groups in total. The van der Waals surface area contributed by atoms with Gasteiger partial charge in [0.25, 0.3) is 11.6 Å². The van der Waals surface area contributed by atoms with Crippen LogP contribution in [0.3, 0.4) is 0 Å². The molecule has 0 spiro atoms. The molecule has 1 unspecified atom stereocenters. The first kappa shape index (κ1) is 16.9. The Kier molecular flexibility index (Phi) is 5.40. The van der Waals surface area contributed by atoms with Gasteiger partial charge in [0.15, 0.2) is 0 Å². The van der Waals surface area contributed by atoms with Crippen molar-refractivity contribution >= 4 is 23.6 Å². The van der Waals surface area contributed by atoms with E-state index in [0.717, 1.165) is 6.08 Å². The highest BCUT2D eigenvalue weighted by Crippen LogP contribution is 2.18. The van der Waals surface area contributed by atoms with Crippen molar-refractivity contribution in [1.82, 2.24) is 0 Å². The monoisotopic (exact) mass is 326 g/mol. The fraction of sp³-hybridized carbons (Fsp3) is 0.0588. The van der Waals surface area contributed by atoms with Gasteiger partial charge < -0.3 is 10.5 Å². The third-order valence-electron chi connectivity index (χ3n) is 3.09. The summed E-state index contributed by atoms with van der Waals surface area (Å²) in [5, 5.41) is 10.7. The molecule has 122 valence electrons. The number of hydrogen-bond donors (Lipinski definition) is 1. The Labute approximate surface area is 137 Å². The van der Waals surface area contributed by atoms with E-state index in [0.29, 0.717) is 11.1 Å². The summed E-state index contributed by atoms with van der Waals surface area (Å²) in [5.74, 6) is -1.58. The van der Waals surface area contributed by atoms with Gasteiger partial charge in [0, 0.05) is 23.8 Å². The maximum Gasteiger partial charge on any atom is 0.331 e. The van der Waals surface area contributed by atoms with Crippen LogP contribution >= 0.6 is 0 Å². The Balaban J connectivity index is 2.10. The molecule has 0 aromatic heterocycles. The summed E-state index contributed by atoms with van der Waals surface area (Å²) in [7, 11) is 0. The fourth-order valence-electron chi connectivity index (χ4n) is 1.98. The summed E-state index contributed by atoms with van der Waals surface area (Å²) in [6.07, 6.45) is 1.24. The molecule has 7 nitrogen and oxygen atoms in total. The number of ether oxygens (including phenoxy) is 1. The van der Waals surface area contributed by atoms with E-state index >= 15 is 0 Å². The molecule has 0 bridgehead atoms. The number of rotatable bonds is 6. The number of nitro benzene ring substituents is 1. The highest BCUT2D eigenvalue weighted by molar-refractivity contribution is 5.90. The molecule has 2 aromatic carbocycles. The van der Waals surface area contributed by atoms with E-state index in [1.165, 1.54) is 24.3 Å². The summed E-state index contributed by atoms with van der Waals surface area (Å²) in [6, 6.07) is 14.1. The lowest BCUT2D eigenvalue weighted by molar-refractivity contribution is -0.384. The molecule has 0 saturated heterocycles. The maximum atomic E-state index is 11.9. The third-order valence-corrected chi connectivity index (χ3v) is 3.09. The number of benzene rings is 2. The van der Waals surface area contributed by atoms with E-state index in [1.54, 1.807) is 36.4 Å². The van der Waals surface area contributed by atoms with Gasteiger partial charge in [-0.3, -0.25) is 14.9 Å². The first-order valence-electron chi connectivity index (χ1n) is 6.95. The van der Waals surface area contributed by atoms with Crippen LogP contribution < -0.4 is 5.73 Å². The second-order valence-electron chi connectivity index (χ2n) is 4.82. The van der Waals surface area contributed by atoms with E-state index in [2.05, 4.69) is 0 Å². The van der Waals surface area contributed by atoms with E-state index in [9.17, 15) is 19.7 Å². The predicted molar refractivity (Wildman–Crippen MR) is 86.6 cm³/mol. The Morgan fingerprint density at radius 1 is 1.12 bits per heavy atom. The lowest BCUT2D eigenvalue weighted by Gasteiger charge is -2.13. The van der Waals surface area contributed by atoms with Crippen LogP contribution in [-0.4, -0.2) is 16.8 Å². The number of primary amides is 1. The van der Waals surface area contributed by atoms with Crippen molar-refractivity contribution < 1.29 is 19.2 Å². The maximum absolute atomic E-state index is 11.9. The zero-order chi connectivity index (χ0) is 17.5. The molecule has 1 atom stereocenters. The number of amides is 1. The molecule has 0 fully saturated rings. The van der Waals surface area contributed by atoms with E-state index in [-0.39, 0.29) is 5.69 Å². The van der Waals surface area contributed by atoms with Crippen LogP contribution in [0.25, 0.3) is 6.08 Å². The molecule has 0 aliphatic carbocycles. The molecule has 0 radical (unpaired) electrons. The van der Waals surface area contributed by atoms with Gasteiger partial charge in [-0.1, -0.05) is 42.5 Å². The average molecular weight is 326 g/mol.